The molecule has 0 radical (unpaired) electrons. The van der Waals surface area contributed by atoms with Crippen molar-refractivity contribution in [1.29, 1.82) is 0 Å². The molecule has 0 saturated heterocycles. The van der Waals surface area contributed by atoms with Crippen molar-refractivity contribution >= 4 is 46.1 Å². The van der Waals surface area contributed by atoms with Crippen LogP contribution in [0, 0.1) is 5.92 Å². The number of anilines is 1. The van der Waals surface area contributed by atoms with E-state index in [0.29, 0.717) is 27.4 Å². The lowest BCUT2D eigenvalue weighted by atomic mass is 10.1. The van der Waals surface area contributed by atoms with E-state index in [2.05, 4.69) is 27.4 Å². The second-order valence-electron chi connectivity index (χ2n) is 5.72. The molecular weight excluding hydrogens is 333 g/mol. The van der Waals surface area contributed by atoms with Gasteiger partial charge < -0.3 is 4.98 Å². The number of hydrogen-bond donors (Lipinski definition) is 2. The van der Waals surface area contributed by atoms with Crippen LogP contribution in [-0.4, -0.2) is 15.9 Å². The van der Waals surface area contributed by atoms with Crippen molar-refractivity contribution in [2.24, 2.45) is 5.92 Å². The molecule has 2 atom stereocenters. The van der Waals surface area contributed by atoms with E-state index < -0.39 is 0 Å². The van der Waals surface area contributed by atoms with Crippen molar-refractivity contribution < 1.29 is 4.79 Å². The van der Waals surface area contributed by atoms with E-state index in [9.17, 15) is 4.79 Å². The maximum absolute atomic E-state index is 12.3. The summed E-state index contributed by atoms with van der Waals surface area (Å²) in [6.07, 6.45) is 0.869. The second-order valence-corrected chi connectivity index (χ2v) is 6.53. The molecule has 1 fully saturated rings. The third-order valence-corrected chi connectivity index (χ3v) is 4.84. The molecule has 2 unspecified atom stereocenters. The normalized spacial score (nSPS) is 19.7. The van der Waals surface area contributed by atoms with E-state index in [1.54, 1.807) is 12.1 Å². The fraction of sp³-hybridized carbons (Fsp3) is 0.176. The quantitative estimate of drug-likeness (QED) is 0.727. The summed E-state index contributed by atoms with van der Waals surface area (Å²) in [4.78, 5) is 19.7. The first-order valence-corrected chi connectivity index (χ1v) is 8.08. The number of amides is 1. The zero-order valence-electron chi connectivity index (χ0n) is 12.0. The van der Waals surface area contributed by atoms with Crippen molar-refractivity contribution in [3.05, 3.63) is 58.1 Å². The summed E-state index contributed by atoms with van der Waals surface area (Å²) >= 11 is 12.0. The van der Waals surface area contributed by atoms with Crippen LogP contribution < -0.4 is 5.32 Å². The molecule has 0 bridgehead atoms. The van der Waals surface area contributed by atoms with Crippen molar-refractivity contribution in [2.75, 3.05) is 5.32 Å². The molecule has 116 valence electrons. The fourth-order valence-corrected chi connectivity index (χ4v) is 3.15. The predicted octanol–water partition coefficient (Wildman–Crippen LogP) is 4.61. The first kappa shape index (κ1) is 14.5. The molecule has 4 rings (SSSR count). The van der Waals surface area contributed by atoms with Gasteiger partial charge in [0.15, 0.2) is 0 Å². The Morgan fingerprint density at radius 1 is 1.17 bits per heavy atom. The third kappa shape index (κ3) is 2.80. The Morgan fingerprint density at radius 3 is 2.70 bits per heavy atom. The molecule has 23 heavy (non-hydrogen) atoms. The monoisotopic (exact) mass is 345 g/mol. The largest absolute Gasteiger partial charge is 0.324 e. The average Bonchev–Trinajstić information content (AvgIpc) is 3.26. The number of halogens is 2. The second kappa shape index (κ2) is 5.55. The number of fused-ring (bicyclic) bond motifs is 1. The highest BCUT2D eigenvalue weighted by atomic mass is 35.5. The molecule has 0 aliphatic heterocycles. The van der Waals surface area contributed by atoms with Crippen LogP contribution in [-0.2, 0) is 4.79 Å². The molecule has 1 amide bonds. The Hall–Kier alpha value is -2.04. The summed E-state index contributed by atoms with van der Waals surface area (Å²) in [6, 6.07) is 13.5. The van der Waals surface area contributed by atoms with Gasteiger partial charge in [0.2, 0.25) is 11.9 Å². The summed E-state index contributed by atoms with van der Waals surface area (Å²) in [5.41, 5.74) is 2.62. The number of carbonyl (C=O) groups excluding carboxylic acids is 1. The molecule has 3 aromatic rings. The molecule has 2 aromatic carbocycles. The highest BCUT2D eigenvalue weighted by molar-refractivity contribution is 6.42. The Morgan fingerprint density at radius 2 is 1.91 bits per heavy atom. The minimum Gasteiger partial charge on any atom is -0.324 e. The van der Waals surface area contributed by atoms with Gasteiger partial charge in [-0.2, -0.15) is 0 Å². The van der Waals surface area contributed by atoms with Gasteiger partial charge in [-0.3, -0.25) is 10.1 Å². The topological polar surface area (TPSA) is 57.8 Å². The van der Waals surface area contributed by atoms with Gasteiger partial charge in [0.25, 0.3) is 0 Å². The molecule has 1 aromatic heterocycles. The Labute approximate surface area is 142 Å². The molecule has 1 heterocycles. The smallest absolute Gasteiger partial charge is 0.230 e. The van der Waals surface area contributed by atoms with Crippen LogP contribution in [0.25, 0.3) is 11.0 Å². The number of nitrogens with zero attached hydrogens (tertiary/aromatic N) is 1. The molecule has 6 heteroatoms. The Bertz CT molecular complexity index is 852. The molecule has 1 aliphatic carbocycles. The van der Waals surface area contributed by atoms with Crippen molar-refractivity contribution in [1.82, 2.24) is 9.97 Å². The zero-order valence-corrected chi connectivity index (χ0v) is 13.5. The third-order valence-electron chi connectivity index (χ3n) is 4.12. The van der Waals surface area contributed by atoms with E-state index in [-0.39, 0.29) is 11.8 Å². The van der Waals surface area contributed by atoms with E-state index >= 15 is 0 Å². The molecule has 1 aliphatic rings. The summed E-state index contributed by atoms with van der Waals surface area (Å²) in [5, 5.41) is 3.73. The minimum absolute atomic E-state index is 0.00205. The Kier molecular flexibility index (Phi) is 3.51. The first-order valence-electron chi connectivity index (χ1n) is 7.32. The van der Waals surface area contributed by atoms with Gasteiger partial charge in [0.05, 0.1) is 21.1 Å². The number of imidazole rings is 1. The summed E-state index contributed by atoms with van der Waals surface area (Å²) < 4.78 is 0. The number of aromatic nitrogens is 2. The van der Waals surface area contributed by atoms with Gasteiger partial charge in [0.1, 0.15) is 0 Å². The summed E-state index contributed by atoms with van der Waals surface area (Å²) in [5.74, 6) is 0.694. The van der Waals surface area contributed by atoms with E-state index in [1.165, 1.54) is 5.56 Å². The van der Waals surface area contributed by atoms with Crippen LogP contribution in [0.2, 0.25) is 10.0 Å². The van der Waals surface area contributed by atoms with Crippen molar-refractivity contribution in [2.45, 2.75) is 12.3 Å². The maximum atomic E-state index is 12.3. The van der Waals surface area contributed by atoms with Gasteiger partial charge in [-0.25, -0.2) is 4.98 Å². The summed E-state index contributed by atoms with van der Waals surface area (Å²) in [7, 11) is 0. The number of nitrogens with one attached hydrogen (secondary N) is 2. The zero-order chi connectivity index (χ0) is 16.0. The predicted molar refractivity (Wildman–Crippen MR) is 92.0 cm³/mol. The van der Waals surface area contributed by atoms with E-state index in [4.69, 9.17) is 23.2 Å². The van der Waals surface area contributed by atoms with Crippen LogP contribution in [0.15, 0.2) is 42.5 Å². The molecule has 4 nitrogen and oxygen atoms in total. The number of hydrogen-bond acceptors (Lipinski definition) is 2. The van der Waals surface area contributed by atoms with Gasteiger partial charge >= 0.3 is 0 Å². The van der Waals surface area contributed by atoms with Gasteiger partial charge in [-0.15, -0.1) is 0 Å². The molecule has 2 N–H and O–H groups in total. The van der Waals surface area contributed by atoms with Crippen molar-refractivity contribution in [3.63, 3.8) is 0 Å². The SMILES string of the molecule is O=C(Nc1nc2cc(Cl)c(Cl)cc2[nH]1)C1CC1c1ccccc1. The maximum Gasteiger partial charge on any atom is 0.230 e. The number of carbonyl (C=O) groups is 1. The first-order chi connectivity index (χ1) is 11.1. The van der Waals surface area contributed by atoms with Crippen LogP contribution in [0.5, 0.6) is 0 Å². The number of aromatic amines is 1. The number of rotatable bonds is 3. The fourth-order valence-electron chi connectivity index (χ4n) is 2.83. The molecule has 1 saturated carbocycles. The average molecular weight is 346 g/mol. The van der Waals surface area contributed by atoms with Gasteiger partial charge in [-0.1, -0.05) is 53.5 Å². The standard InChI is InChI=1S/C17H13Cl2N3O/c18-12-7-14-15(8-13(12)19)21-17(20-14)22-16(23)11-6-10(11)9-4-2-1-3-5-9/h1-5,7-8,10-11H,6H2,(H2,20,21,22,23). The van der Waals surface area contributed by atoms with E-state index in [1.807, 2.05) is 18.2 Å². The van der Waals surface area contributed by atoms with Crippen LogP contribution in [0.1, 0.15) is 17.9 Å². The minimum atomic E-state index is -0.0184. The molecular formula is C17H13Cl2N3O. The highest BCUT2D eigenvalue weighted by Crippen LogP contribution is 2.47. The lowest BCUT2D eigenvalue weighted by Crippen LogP contribution is -2.15. The van der Waals surface area contributed by atoms with Crippen LogP contribution >= 0.6 is 23.2 Å². The van der Waals surface area contributed by atoms with Crippen molar-refractivity contribution in [3.8, 4) is 0 Å². The lowest BCUT2D eigenvalue weighted by Gasteiger charge is -2.01. The number of H-pyrrole nitrogens is 1. The van der Waals surface area contributed by atoms with Gasteiger partial charge in [0, 0.05) is 5.92 Å². The summed E-state index contributed by atoms with van der Waals surface area (Å²) in [6.45, 7) is 0. The van der Waals surface area contributed by atoms with Gasteiger partial charge in [-0.05, 0) is 30.0 Å². The lowest BCUT2D eigenvalue weighted by molar-refractivity contribution is -0.117. The highest BCUT2D eigenvalue weighted by Gasteiger charge is 2.44. The molecule has 0 spiro atoms. The van der Waals surface area contributed by atoms with Crippen LogP contribution in [0.3, 0.4) is 0 Å². The Balaban J connectivity index is 1.49. The number of benzene rings is 2. The van der Waals surface area contributed by atoms with Crippen LogP contribution in [0.4, 0.5) is 5.95 Å². The van der Waals surface area contributed by atoms with E-state index in [0.717, 1.165) is 11.9 Å².